The van der Waals surface area contributed by atoms with Crippen molar-refractivity contribution in [2.24, 2.45) is 41.4 Å². The van der Waals surface area contributed by atoms with Gasteiger partial charge in [0.1, 0.15) is 30.1 Å². The van der Waals surface area contributed by atoms with E-state index in [0.717, 1.165) is 5.57 Å². The fraction of sp³-hybridized carbons (Fsp3) is 0.740. The number of rotatable bonds is 5. The van der Waals surface area contributed by atoms with Gasteiger partial charge in [0.2, 0.25) is 5.79 Å². The van der Waals surface area contributed by atoms with Crippen LogP contribution in [0.15, 0.2) is 47.6 Å². The van der Waals surface area contributed by atoms with Gasteiger partial charge in [-0.3, -0.25) is 19.2 Å². The van der Waals surface area contributed by atoms with E-state index < -0.39 is 95.7 Å². The van der Waals surface area contributed by atoms with Crippen molar-refractivity contribution in [3.8, 4) is 0 Å². The van der Waals surface area contributed by atoms with Crippen LogP contribution in [0.3, 0.4) is 0 Å². The summed E-state index contributed by atoms with van der Waals surface area (Å²) in [6.45, 7) is 10.9. The van der Waals surface area contributed by atoms with Gasteiger partial charge in [-0.05, 0) is 101 Å². The van der Waals surface area contributed by atoms with Crippen LogP contribution in [0.1, 0.15) is 112 Å². The second-order valence-corrected chi connectivity index (χ2v) is 19.5. The molecule has 0 spiro atoms. The minimum absolute atomic E-state index is 0.0231. The number of nitrogens with zero attached hydrogens (tertiary/aromatic N) is 1. The molecule has 1 saturated carbocycles. The lowest BCUT2D eigenvalue weighted by Crippen LogP contribution is -2.65. The quantitative estimate of drug-likeness (QED) is 0.181. The number of fused-ring (bicyclic) bond motifs is 4. The van der Waals surface area contributed by atoms with E-state index in [2.05, 4.69) is 0 Å². The normalized spacial score (nSPS) is 42.3. The van der Waals surface area contributed by atoms with Gasteiger partial charge < -0.3 is 43.9 Å². The summed E-state index contributed by atoms with van der Waals surface area (Å²) in [4.78, 5) is 72.0. The second kappa shape index (κ2) is 22.9. The molecular weight excluding hydrogens is 823 g/mol. The largest absolute Gasteiger partial charge is 0.460 e. The molecule has 0 aromatic carbocycles. The Balaban J connectivity index is 1.51. The average Bonchev–Trinajstić information content (AvgIpc) is 3.27. The van der Waals surface area contributed by atoms with Crippen LogP contribution in [0.25, 0.3) is 0 Å². The number of carbonyl (C=O) groups excluding carboxylic acids is 5. The number of esters is 1. The molecule has 14 nitrogen and oxygen atoms in total. The van der Waals surface area contributed by atoms with E-state index >= 15 is 0 Å². The standard InChI is InChI=1S/C50H75NO13/c1-28-14-11-10-12-15-29(2)40(60-7)26-35-19-17-33(6)50(59,64-35)47(56)48(57)51-21-13-16-36-37(24-34-18-20-38(52)42(25-34)61-8)41(63-49(58)43(36)51)27-39(53)30(3)23-32(5)45(55)46(62-9)44(54)31(4)22-28/h10-12,14-15,23,28,30-31,33-38,40-43,45-46,52,55,59H,13,16-22,24-27H2,1-9H3/b12-10+,14-11+,29-15?,32-23+/t28-,30-,31-,33-,34+,35+,36?,37+,38-,40+,41?,42-,43+,45+,46-,50-/m1/s1. The highest BCUT2D eigenvalue weighted by Crippen LogP contribution is 2.45. The smallest absolute Gasteiger partial charge is 0.329 e. The van der Waals surface area contributed by atoms with Gasteiger partial charge >= 0.3 is 5.97 Å². The Morgan fingerprint density at radius 2 is 1.58 bits per heavy atom. The van der Waals surface area contributed by atoms with Gasteiger partial charge in [0, 0.05) is 64.4 Å². The zero-order valence-corrected chi connectivity index (χ0v) is 39.5. The number of allylic oxidation sites excluding steroid dienone is 6. The Labute approximate surface area is 379 Å². The van der Waals surface area contributed by atoms with Gasteiger partial charge in [-0.2, -0.15) is 0 Å². The molecule has 2 unspecified atom stereocenters. The number of aliphatic hydroxyl groups excluding tert-OH is 2. The van der Waals surface area contributed by atoms with Crippen LogP contribution in [0.5, 0.6) is 0 Å². The first-order valence-electron chi connectivity index (χ1n) is 23.5. The lowest BCUT2D eigenvalue weighted by molar-refractivity contribution is -0.266. The molecular formula is C50H75NO13. The van der Waals surface area contributed by atoms with Crippen LogP contribution in [0, 0.1) is 41.4 Å². The topological polar surface area (TPSA) is 195 Å². The summed E-state index contributed by atoms with van der Waals surface area (Å²) in [5, 5.41) is 34.1. The summed E-state index contributed by atoms with van der Waals surface area (Å²) in [5.74, 6) is -8.43. The van der Waals surface area contributed by atoms with E-state index in [1.165, 1.54) is 12.0 Å². The van der Waals surface area contributed by atoms with Crippen LogP contribution < -0.4 is 0 Å². The van der Waals surface area contributed by atoms with E-state index in [4.69, 9.17) is 23.7 Å². The number of hydrogen-bond donors (Lipinski definition) is 3. The molecule has 4 fully saturated rings. The van der Waals surface area contributed by atoms with Gasteiger partial charge in [-0.25, -0.2) is 4.79 Å². The Morgan fingerprint density at radius 3 is 2.27 bits per heavy atom. The molecule has 5 rings (SSSR count). The predicted octanol–water partition coefficient (Wildman–Crippen LogP) is 5.40. The van der Waals surface area contributed by atoms with Gasteiger partial charge in [0.25, 0.3) is 11.7 Å². The van der Waals surface area contributed by atoms with Crippen LogP contribution in [-0.2, 0) is 47.7 Å². The van der Waals surface area contributed by atoms with Crippen LogP contribution in [0.2, 0.25) is 0 Å². The number of methoxy groups -OCH3 is 3. The molecule has 1 amide bonds. The van der Waals surface area contributed by atoms with Crippen molar-refractivity contribution in [1.82, 2.24) is 4.90 Å². The summed E-state index contributed by atoms with van der Waals surface area (Å²) in [6, 6.07) is -1.12. The molecule has 3 N–H and O–H groups in total. The Bertz CT molecular complexity index is 1790. The number of carbonyl (C=O) groups is 5. The monoisotopic (exact) mass is 898 g/mol. The van der Waals surface area contributed by atoms with Crippen LogP contribution in [0.4, 0.5) is 0 Å². The van der Waals surface area contributed by atoms with Crippen molar-refractivity contribution in [3.05, 3.63) is 47.6 Å². The van der Waals surface area contributed by atoms with E-state index in [0.29, 0.717) is 69.8 Å². The van der Waals surface area contributed by atoms with Crippen molar-refractivity contribution in [2.75, 3.05) is 27.9 Å². The number of amides is 1. The first-order chi connectivity index (χ1) is 30.3. The number of Topliss-reactive ketones (excluding diaryl/α,β-unsaturated/α-hetero) is 3. The molecule has 64 heavy (non-hydrogen) atoms. The molecule has 5 aliphatic rings. The molecule has 0 aromatic heterocycles. The first-order valence-corrected chi connectivity index (χ1v) is 23.5. The maximum Gasteiger partial charge on any atom is 0.329 e. The summed E-state index contributed by atoms with van der Waals surface area (Å²) in [7, 11) is 4.52. The lowest BCUT2D eigenvalue weighted by atomic mass is 9.68. The van der Waals surface area contributed by atoms with E-state index in [9.17, 15) is 39.3 Å². The van der Waals surface area contributed by atoms with E-state index in [1.807, 2.05) is 51.2 Å². The van der Waals surface area contributed by atoms with Crippen molar-refractivity contribution in [2.45, 2.75) is 167 Å². The second-order valence-electron chi connectivity index (χ2n) is 19.5. The van der Waals surface area contributed by atoms with Gasteiger partial charge in [0.15, 0.2) is 5.78 Å². The average molecular weight is 898 g/mol. The molecule has 0 radical (unpaired) electrons. The van der Waals surface area contributed by atoms with Crippen molar-refractivity contribution < 1.29 is 63.0 Å². The third-order valence-corrected chi connectivity index (χ3v) is 14.9. The molecule has 4 heterocycles. The minimum Gasteiger partial charge on any atom is -0.460 e. The van der Waals surface area contributed by atoms with Crippen LogP contribution >= 0.6 is 0 Å². The summed E-state index contributed by atoms with van der Waals surface area (Å²) >= 11 is 0. The molecule has 0 aromatic rings. The van der Waals surface area contributed by atoms with Crippen LogP contribution in [-0.4, -0.2) is 132 Å². The molecule has 4 bridgehead atoms. The summed E-state index contributed by atoms with van der Waals surface area (Å²) < 4.78 is 29.4. The highest BCUT2D eigenvalue weighted by Gasteiger charge is 2.57. The number of hydrogen-bond acceptors (Lipinski definition) is 13. The van der Waals surface area contributed by atoms with Gasteiger partial charge in [0.05, 0.1) is 24.4 Å². The van der Waals surface area contributed by atoms with E-state index in [1.54, 1.807) is 41.1 Å². The first kappa shape index (κ1) is 51.6. The number of ketones is 3. The third-order valence-electron chi connectivity index (χ3n) is 14.9. The van der Waals surface area contributed by atoms with Crippen molar-refractivity contribution in [1.29, 1.82) is 0 Å². The number of aliphatic hydroxyl groups is 3. The van der Waals surface area contributed by atoms with Gasteiger partial charge in [-0.1, -0.05) is 64.2 Å². The van der Waals surface area contributed by atoms with E-state index in [-0.39, 0.29) is 42.5 Å². The molecule has 1 aliphatic carbocycles. The molecule has 4 aliphatic heterocycles. The fourth-order valence-corrected chi connectivity index (χ4v) is 10.9. The lowest BCUT2D eigenvalue weighted by Gasteiger charge is -2.50. The third kappa shape index (κ3) is 12.0. The Kier molecular flexibility index (Phi) is 18.5. The SMILES string of the molecule is CO[C@H]1C[C@@H]2CC[C@@H](C)[C@@](O)(O2)C(=O)C(=O)N2CCCC3[C@H](C[C@@H]4CC[C@@H](O)[C@H](OC)C4)C(CC(=O)[C@H](C)/C=C(\C)[C@H](O)[C@H](OC)C(=O)[C@H](C)C[C@H](C)/C=C/C=C/C=C1C)OC(=O)[C@H]32. The summed E-state index contributed by atoms with van der Waals surface area (Å²) in [5.41, 5.74) is 1.28. The fourth-order valence-electron chi connectivity index (χ4n) is 10.9. The molecule has 3 saturated heterocycles. The Morgan fingerprint density at radius 1 is 0.844 bits per heavy atom. The highest BCUT2D eigenvalue weighted by atomic mass is 16.6. The maximum atomic E-state index is 14.4. The maximum absolute atomic E-state index is 14.4. The highest BCUT2D eigenvalue weighted by molar-refractivity contribution is 6.39. The molecule has 14 heteroatoms. The predicted molar refractivity (Wildman–Crippen MR) is 238 cm³/mol. The zero-order chi connectivity index (χ0) is 47.0. The number of piperidine rings is 1. The minimum atomic E-state index is -2.43. The molecule has 16 atom stereocenters. The number of ether oxygens (including phenoxy) is 5. The summed E-state index contributed by atoms with van der Waals surface area (Å²) in [6.07, 6.45) is 10.8. The van der Waals surface area contributed by atoms with Crippen molar-refractivity contribution >= 4 is 29.2 Å². The zero-order valence-electron chi connectivity index (χ0n) is 39.5. The Hall–Kier alpha value is -3.37. The molecule has 358 valence electrons. The van der Waals surface area contributed by atoms with Crippen molar-refractivity contribution in [3.63, 3.8) is 0 Å². The van der Waals surface area contributed by atoms with Gasteiger partial charge in [-0.15, -0.1) is 0 Å².